The van der Waals surface area contributed by atoms with Crippen LogP contribution in [0.4, 0.5) is 0 Å². The standard InChI is InChI=1S/C10H17N5.C10H25N5.C6H15N3.C2H2ClN/c1-12-10-13-3-5-15-8-6-14(4-2-11)7-9-15;11-1-3-13-4-6-15-9-7-14(5-2-12)8-10-15;7-1-4-9-5-2-8-3-6-9;3-1-2-4/h13H,3-10H2;13H,1-12H2;8H,1-7H2;1H2. The Bertz CT molecular complexity index is 710. The van der Waals surface area contributed by atoms with Crippen LogP contribution in [0, 0.1) is 29.2 Å². The lowest BCUT2D eigenvalue weighted by Crippen LogP contribution is -2.49. The Labute approximate surface area is 266 Å². The average Bonchev–Trinajstić information content (AvgIpc) is 3.05. The van der Waals surface area contributed by atoms with Gasteiger partial charge in [-0.2, -0.15) is 10.5 Å². The van der Waals surface area contributed by atoms with Gasteiger partial charge in [-0.3, -0.25) is 29.3 Å². The SMILES string of the molecule is N#CCCl.NCCN1CCNCC1.NCCNCCN1CCN(CCN)CC1.[C-]#[N+]CNCCN1CCN(CC#N)CC1. The van der Waals surface area contributed by atoms with E-state index in [2.05, 4.69) is 51.4 Å². The third kappa shape index (κ3) is 25.4. The third-order valence-corrected chi connectivity index (χ3v) is 7.23. The van der Waals surface area contributed by atoms with Crippen LogP contribution in [0.1, 0.15) is 0 Å². The number of hydrogen-bond acceptors (Lipinski definition) is 13. The summed E-state index contributed by atoms with van der Waals surface area (Å²) in [6.07, 6.45) is 0. The van der Waals surface area contributed by atoms with E-state index in [9.17, 15) is 0 Å². The lowest BCUT2D eigenvalue weighted by molar-refractivity contribution is 0.136. The molecule has 0 aromatic rings. The average molecular weight is 627 g/mol. The van der Waals surface area contributed by atoms with Gasteiger partial charge < -0.3 is 27.8 Å². The second-order valence-corrected chi connectivity index (χ2v) is 10.5. The normalized spacial score (nSPS) is 18.3. The number of nitrogens with zero attached hydrogens (tertiary/aromatic N) is 8. The highest BCUT2D eigenvalue weighted by Gasteiger charge is 2.16. The van der Waals surface area contributed by atoms with Crippen LogP contribution in [0.2, 0.25) is 0 Å². The number of nitrogens with one attached hydrogen (secondary N) is 3. The van der Waals surface area contributed by atoms with Crippen LogP contribution in [0.5, 0.6) is 0 Å². The van der Waals surface area contributed by atoms with E-state index in [1.807, 2.05) is 0 Å². The minimum absolute atomic E-state index is 0.0972. The van der Waals surface area contributed by atoms with E-state index in [0.717, 1.165) is 131 Å². The molecule has 3 fully saturated rings. The number of nitriles is 2. The molecule has 0 aliphatic carbocycles. The summed E-state index contributed by atoms with van der Waals surface area (Å²) in [5, 5.41) is 25.7. The van der Waals surface area contributed by atoms with Gasteiger partial charge in [0.2, 0.25) is 0 Å². The molecule has 3 aliphatic heterocycles. The first-order valence-corrected chi connectivity index (χ1v) is 16.1. The molecule has 3 rings (SSSR count). The van der Waals surface area contributed by atoms with E-state index in [1.165, 1.54) is 13.1 Å². The van der Waals surface area contributed by atoms with Gasteiger partial charge in [-0.05, 0) is 0 Å². The summed E-state index contributed by atoms with van der Waals surface area (Å²) >= 11 is 4.82. The Morgan fingerprint density at radius 3 is 1.51 bits per heavy atom. The molecule has 15 heteroatoms. The molecule has 0 spiro atoms. The summed E-state index contributed by atoms with van der Waals surface area (Å²) in [7, 11) is 0. The van der Waals surface area contributed by atoms with Crippen LogP contribution in [0.3, 0.4) is 0 Å². The highest BCUT2D eigenvalue weighted by atomic mass is 35.5. The Balaban J connectivity index is 0.000000593. The quantitative estimate of drug-likeness (QED) is 0.0508. The van der Waals surface area contributed by atoms with Gasteiger partial charge in [0.25, 0.3) is 6.67 Å². The Kier molecular flexibility index (Phi) is 30.5. The van der Waals surface area contributed by atoms with E-state index in [1.54, 1.807) is 6.07 Å². The van der Waals surface area contributed by atoms with Gasteiger partial charge >= 0.3 is 0 Å². The zero-order chi connectivity index (χ0) is 31.8. The maximum atomic E-state index is 8.54. The predicted octanol–water partition coefficient (Wildman–Crippen LogP) is -2.70. The lowest BCUT2D eigenvalue weighted by atomic mass is 10.3. The van der Waals surface area contributed by atoms with Crippen LogP contribution in [0.15, 0.2) is 0 Å². The lowest BCUT2D eigenvalue weighted by Gasteiger charge is -2.34. The largest absolute Gasteiger partial charge is 0.329 e. The topological polar surface area (TPSA) is 182 Å². The Hall–Kier alpha value is -1.68. The molecule has 3 saturated heterocycles. The second kappa shape index (κ2) is 31.7. The smallest absolute Gasteiger partial charge is 0.268 e. The second-order valence-electron chi connectivity index (χ2n) is 10.3. The minimum Gasteiger partial charge on any atom is -0.329 e. The number of hydrogen-bond donors (Lipinski definition) is 6. The molecule has 0 aromatic heterocycles. The molecule has 3 heterocycles. The fraction of sp³-hybridized carbons (Fsp3) is 0.893. The van der Waals surface area contributed by atoms with Crippen LogP contribution >= 0.6 is 11.6 Å². The van der Waals surface area contributed by atoms with Crippen molar-refractivity contribution in [1.82, 2.24) is 40.4 Å². The number of rotatable bonds is 14. The van der Waals surface area contributed by atoms with Crippen molar-refractivity contribution in [3.63, 3.8) is 0 Å². The summed E-state index contributed by atoms with van der Waals surface area (Å²) < 4.78 is 0. The van der Waals surface area contributed by atoms with Crippen LogP contribution in [-0.4, -0.2) is 188 Å². The highest BCUT2D eigenvalue weighted by molar-refractivity contribution is 6.19. The van der Waals surface area contributed by atoms with Gasteiger partial charge in [-0.25, -0.2) is 11.9 Å². The molecular weight excluding hydrogens is 568 g/mol. The van der Waals surface area contributed by atoms with Crippen LogP contribution < -0.4 is 33.2 Å². The molecular formula is C28H59ClN14. The van der Waals surface area contributed by atoms with Gasteiger partial charge in [-0.1, -0.05) is 0 Å². The van der Waals surface area contributed by atoms with E-state index in [0.29, 0.717) is 13.2 Å². The summed E-state index contributed by atoms with van der Waals surface area (Å²) in [4.78, 5) is 15.1. The minimum atomic E-state index is 0.0972. The molecule has 248 valence electrons. The molecule has 9 N–H and O–H groups in total. The molecule has 0 saturated carbocycles. The molecule has 0 aromatic carbocycles. The van der Waals surface area contributed by atoms with E-state index in [-0.39, 0.29) is 5.88 Å². The van der Waals surface area contributed by atoms with Gasteiger partial charge in [0.1, 0.15) is 5.88 Å². The van der Waals surface area contributed by atoms with Crippen molar-refractivity contribution >= 4 is 11.6 Å². The predicted molar refractivity (Wildman–Crippen MR) is 177 cm³/mol. The first kappa shape index (κ1) is 41.3. The summed E-state index contributed by atoms with van der Waals surface area (Å²) in [6.45, 7) is 30.2. The third-order valence-electron chi connectivity index (χ3n) is 7.11. The first-order chi connectivity index (χ1) is 21.1. The monoisotopic (exact) mass is 626 g/mol. The Morgan fingerprint density at radius 2 is 1.09 bits per heavy atom. The van der Waals surface area contributed by atoms with E-state index < -0.39 is 0 Å². The molecule has 0 bridgehead atoms. The van der Waals surface area contributed by atoms with E-state index >= 15 is 0 Å². The van der Waals surface area contributed by atoms with Crippen LogP contribution in [0.25, 0.3) is 4.85 Å². The van der Waals surface area contributed by atoms with Crippen molar-refractivity contribution < 1.29 is 0 Å². The fourth-order valence-electron chi connectivity index (χ4n) is 4.64. The summed E-state index contributed by atoms with van der Waals surface area (Å²) in [5.74, 6) is 0.0972. The number of alkyl halides is 1. The van der Waals surface area contributed by atoms with Gasteiger partial charge in [0.15, 0.2) is 0 Å². The zero-order valence-electron chi connectivity index (χ0n) is 26.4. The molecule has 14 nitrogen and oxygen atoms in total. The van der Waals surface area contributed by atoms with Crippen molar-refractivity contribution in [3.05, 3.63) is 11.4 Å². The number of nitrogens with two attached hydrogens (primary N) is 3. The fourth-order valence-corrected chi connectivity index (χ4v) is 4.64. The molecule has 0 radical (unpaired) electrons. The molecule has 3 aliphatic rings. The van der Waals surface area contributed by atoms with Crippen LogP contribution in [-0.2, 0) is 0 Å². The molecule has 0 atom stereocenters. The molecule has 43 heavy (non-hydrogen) atoms. The summed E-state index contributed by atoms with van der Waals surface area (Å²) in [6, 6.07) is 3.87. The van der Waals surface area contributed by atoms with Crippen molar-refractivity contribution in [2.24, 2.45) is 17.2 Å². The van der Waals surface area contributed by atoms with Gasteiger partial charge in [-0.15, -0.1) is 11.6 Å². The Morgan fingerprint density at radius 1 is 0.651 bits per heavy atom. The maximum absolute atomic E-state index is 8.54. The van der Waals surface area contributed by atoms with Gasteiger partial charge in [0.05, 0.1) is 18.7 Å². The van der Waals surface area contributed by atoms with Crippen molar-refractivity contribution in [1.29, 1.82) is 10.5 Å². The van der Waals surface area contributed by atoms with E-state index in [4.69, 9.17) is 45.9 Å². The van der Waals surface area contributed by atoms with Crippen molar-refractivity contribution in [3.8, 4) is 12.1 Å². The molecule has 0 amide bonds. The van der Waals surface area contributed by atoms with Gasteiger partial charge in [0, 0.05) is 144 Å². The van der Waals surface area contributed by atoms with Crippen molar-refractivity contribution in [2.45, 2.75) is 0 Å². The summed E-state index contributed by atoms with van der Waals surface area (Å²) in [5.41, 5.74) is 16.3. The zero-order valence-corrected chi connectivity index (χ0v) is 27.1. The highest BCUT2D eigenvalue weighted by Crippen LogP contribution is 2.00. The maximum Gasteiger partial charge on any atom is 0.268 e. The molecule has 0 unspecified atom stereocenters. The number of halogens is 1. The number of piperazine rings is 3. The van der Waals surface area contributed by atoms with Crippen molar-refractivity contribution in [2.75, 3.05) is 163 Å². The first-order valence-electron chi connectivity index (χ1n) is 15.6.